The van der Waals surface area contributed by atoms with Crippen molar-refractivity contribution in [2.45, 2.75) is 26.8 Å². The quantitative estimate of drug-likeness (QED) is 0.761. The van der Waals surface area contributed by atoms with Crippen molar-refractivity contribution in [3.63, 3.8) is 0 Å². The number of hydrogen-bond donors (Lipinski definition) is 1. The number of rotatable bonds is 6. The molecule has 0 fully saturated rings. The van der Waals surface area contributed by atoms with Gasteiger partial charge in [-0.15, -0.1) is 0 Å². The number of anilines is 1. The predicted octanol–water partition coefficient (Wildman–Crippen LogP) is 0.438. The Hall–Kier alpha value is -1.36. The van der Waals surface area contributed by atoms with Crippen molar-refractivity contribution in [2.24, 2.45) is 5.73 Å². The summed E-state index contributed by atoms with van der Waals surface area (Å²) in [7, 11) is 0. The monoisotopic (exact) mass is 224 g/mol. The fraction of sp³-hybridized carbons (Fsp3) is 0.636. The van der Waals surface area contributed by atoms with E-state index < -0.39 is 0 Å². The molecular weight excluding hydrogens is 204 g/mol. The van der Waals surface area contributed by atoms with E-state index in [-0.39, 0.29) is 5.56 Å². The minimum Gasteiger partial charge on any atom is -0.351 e. The highest BCUT2D eigenvalue weighted by atomic mass is 16.1. The Balaban J connectivity index is 3.03. The molecule has 5 nitrogen and oxygen atoms in total. The topological polar surface area (TPSA) is 64.2 Å². The Morgan fingerprint density at radius 1 is 1.50 bits per heavy atom. The molecule has 0 amide bonds. The molecule has 0 saturated carbocycles. The molecule has 0 unspecified atom stereocenters. The van der Waals surface area contributed by atoms with E-state index in [1.54, 1.807) is 17.0 Å². The zero-order chi connectivity index (χ0) is 12.0. The first-order chi connectivity index (χ1) is 7.74. The van der Waals surface area contributed by atoms with Crippen molar-refractivity contribution in [3.8, 4) is 0 Å². The van der Waals surface area contributed by atoms with Gasteiger partial charge in [0, 0.05) is 38.6 Å². The summed E-state index contributed by atoms with van der Waals surface area (Å²) in [5, 5.41) is 0. The Kier molecular flexibility index (Phi) is 4.98. The van der Waals surface area contributed by atoms with Gasteiger partial charge in [0.25, 0.3) is 5.56 Å². The van der Waals surface area contributed by atoms with E-state index in [2.05, 4.69) is 4.98 Å². The maximum Gasteiger partial charge on any atom is 0.293 e. The van der Waals surface area contributed by atoms with Crippen LogP contribution in [0.1, 0.15) is 20.3 Å². The molecule has 0 aromatic carbocycles. The van der Waals surface area contributed by atoms with Gasteiger partial charge in [-0.25, -0.2) is 4.98 Å². The Bertz CT molecular complexity index is 374. The van der Waals surface area contributed by atoms with Gasteiger partial charge in [0.2, 0.25) is 0 Å². The fourth-order valence-electron chi connectivity index (χ4n) is 1.64. The summed E-state index contributed by atoms with van der Waals surface area (Å²) >= 11 is 0. The van der Waals surface area contributed by atoms with E-state index in [4.69, 9.17) is 5.73 Å². The average Bonchev–Trinajstić information content (AvgIpc) is 2.30. The van der Waals surface area contributed by atoms with E-state index in [9.17, 15) is 4.79 Å². The van der Waals surface area contributed by atoms with Gasteiger partial charge in [-0.1, -0.05) is 6.92 Å². The number of hydrogen-bond acceptors (Lipinski definition) is 4. The van der Waals surface area contributed by atoms with Gasteiger partial charge in [-0.3, -0.25) is 4.79 Å². The molecule has 1 rings (SSSR count). The minimum absolute atomic E-state index is 0.0281. The van der Waals surface area contributed by atoms with Crippen LogP contribution in [0.3, 0.4) is 0 Å². The van der Waals surface area contributed by atoms with Gasteiger partial charge in [-0.05, 0) is 13.3 Å². The molecule has 0 aliphatic carbocycles. The lowest BCUT2D eigenvalue weighted by atomic mass is 10.4. The second-order valence-corrected chi connectivity index (χ2v) is 3.62. The molecule has 0 aliphatic heterocycles. The molecule has 90 valence electrons. The summed E-state index contributed by atoms with van der Waals surface area (Å²) in [6, 6.07) is 0. The molecule has 2 N–H and O–H groups in total. The number of nitrogens with zero attached hydrogens (tertiary/aromatic N) is 3. The second kappa shape index (κ2) is 6.27. The summed E-state index contributed by atoms with van der Waals surface area (Å²) in [6.45, 7) is 6.70. The molecule has 0 bridgehead atoms. The molecule has 0 atom stereocenters. The third-order valence-corrected chi connectivity index (χ3v) is 2.44. The largest absolute Gasteiger partial charge is 0.351 e. The van der Waals surface area contributed by atoms with Crippen molar-refractivity contribution in [2.75, 3.05) is 24.5 Å². The van der Waals surface area contributed by atoms with Crippen molar-refractivity contribution in [3.05, 3.63) is 22.7 Å². The van der Waals surface area contributed by atoms with Crippen molar-refractivity contribution in [1.82, 2.24) is 9.55 Å². The smallest absolute Gasteiger partial charge is 0.293 e. The molecule has 1 heterocycles. The van der Waals surface area contributed by atoms with Crippen LogP contribution in [0.2, 0.25) is 0 Å². The average molecular weight is 224 g/mol. The lowest BCUT2D eigenvalue weighted by Crippen LogP contribution is -2.36. The third kappa shape index (κ3) is 2.82. The first-order valence-electron chi connectivity index (χ1n) is 5.75. The predicted molar refractivity (Wildman–Crippen MR) is 65.7 cm³/mol. The number of aryl methyl sites for hydroxylation is 1. The van der Waals surface area contributed by atoms with Gasteiger partial charge < -0.3 is 15.2 Å². The Morgan fingerprint density at radius 2 is 2.25 bits per heavy atom. The van der Waals surface area contributed by atoms with E-state index in [1.165, 1.54) is 0 Å². The molecule has 0 spiro atoms. The summed E-state index contributed by atoms with van der Waals surface area (Å²) in [4.78, 5) is 18.1. The van der Waals surface area contributed by atoms with Crippen LogP contribution in [0.4, 0.5) is 5.82 Å². The summed E-state index contributed by atoms with van der Waals surface area (Å²) in [5.41, 5.74) is 5.48. The van der Waals surface area contributed by atoms with Crippen LogP contribution in [0.15, 0.2) is 17.2 Å². The van der Waals surface area contributed by atoms with Crippen molar-refractivity contribution >= 4 is 5.82 Å². The number of aromatic nitrogens is 2. The highest BCUT2D eigenvalue weighted by Crippen LogP contribution is 2.02. The Labute approximate surface area is 95.9 Å². The minimum atomic E-state index is -0.0281. The van der Waals surface area contributed by atoms with Crippen LogP contribution in [0.25, 0.3) is 0 Å². The molecule has 5 heteroatoms. The summed E-state index contributed by atoms with van der Waals surface area (Å²) in [5.74, 6) is 0.504. The van der Waals surface area contributed by atoms with Gasteiger partial charge in [0.1, 0.15) is 0 Å². The first kappa shape index (κ1) is 12.7. The number of nitrogens with two attached hydrogens (primary N) is 1. The standard InChI is InChI=1S/C11H20N4O/c1-3-7-15-9-6-13-10(11(15)16)14(4-2)8-5-12/h6,9H,3-5,7-8,12H2,1-2H3. The molecule has 0 radical (unpaired) electrons. The first-order valence-corrected chi connectivity index (χ1v) is 5.75. The van der Waals surface area contributed by atoms with Gasteiger partial charge in [0.15, 0.2) is 5.82 Å². The highest BCUT2D eigenvalue weighted by molar-refractivity contribution is 5.35. The lowest BCUT2D eigenvalue weighted by Gasteiger charge is -2.20. The van der Waals surface area contributed by atoms with Crippen LogP contribution in [-0.4, -0.2) is 29.2 Å². The lowest BCUT2D eigenvalue weighted by molar-refractivity contribution is 0.641. The van der Waals surface area contributed by atoms with Gasteiger partial charge in [-0.2, -0.15) is 0 Å². The fourth-order valence-corrected chi connectivity index (χ4v) is 1.64. The maximum atomic E-state index is 12.1. The molecule has 1 aromatic heterocycles. The molecule has 0 aliphatic rings. The van der Waals surface area contributed by atoms with E-state index in [0.29, 0.717) is 18.9 Å². The second-order valence-electron chi connectivity index (χ2n) is 3.62. The van der Waals surface area contributed by atoms with E-state index >= 15 is 0 Å². The van der Waals surface area contributed by atoms with Crippen LogP contribution < -0.4 is 16.2 Å². The SMILES string of the molecule is CCCn1ccnc(N(CC)CCN)c1=O. The van der Waals surface area contributed by atoms with E-state index in [1.807, 2.05) is 18.7 Å². The third-order valence-electron chi connectivity index (χ3n) is 2.44. The normalized spacial score (nSPS) is 10.4. The maximum absolute atomic E-state index is 12.1. The van der Waals surface area contributed by atoms with Crippen LogP contribution >= 0.6 is 0 Å². The number of likely N-dealkylation sites (N-methyl/N-ethyl adjacent to an activating group) is 1. The van der Waals surface area contributed by atoms with Gasteiger partial charge >= 0.3 is 0 Å². The zero-order valence-electron chi connectivity index (χ0n) is 10.0. The zero-order valence-corrected chi connectivity index (χ0v) is 10.0. The van der Waals surface area contributed by atoms with Crippen LogP contribution in [0, 0.1) is 0 Å². The molecule has 0 saturated heterocycles. The molecular formula is C11H20N4O. The van der Waals surface area contributed by atoms with E-state index in [0.717, 1.165) is 19.5 Å². The van der Waals surface area contributed by atoms with Crippen molar-refractivity contribution in [1.29, 1.82) is 0 Å². The molecule has 16 heavy (non-hydrogen) atoms. The van der Waals surface area contributed by atoms with Crippen molar-refractivity contribution < 1.29 is 0 Å². The highest BCUT2D eigenvalue weighted by Gasteiger charge is 2.10. The molecule has 1 aromatic rings. The van der Waals surface area contributed by atoms with Gasteiger partial charge in [0.05, 0.1) is 0 Å². The Morgan fingerprint density at radius 3 is 2.81 bits per heavy atom. The summed E-state index contributed by atoms with van der Waals surface area (Å²) < 4.78 is 1.70. The van der Waals surface area contributed by atoms with Crippen LogP contribution in [0.5, 0.6) is 0 Å². The summed E-state index contributed by atoms with van der Waals surface area (Å²) in [6.07, 6.45) is 4.34. The van der Waals surface area contributed by atoms with Crippen LogP contribution in [-0.2, 0) is 6.54 Å².